The molecule has 100 heavy (non-hydrogen) atoms. The third-order valence-corrected chi connectivity index (χ3v) is 18.8. The third-order valence-electron chi connectivity index (χ3n) is 18.8. The number of anilines is 2. The molecule has 4 aliphatic rings. The molecular formula is C72H76N8O20. The Labute approximate surface area is 573 Å². The largest absolute Gasteiger partial charge is 0.487 e. The number of amides is 4. The quantitative estimate of drug-likeness (QED) is 0.0216. The minimum Gasteiger partial charge on any atom is -0.487 e. The third kappa shape index (κ3) is 14.8. The molecule has 524 valence electrons. The fourth-order valence-corrected chi connectivity index (χ4v) is 13.7. The van der Waals surface area contributed by atoms with Gasteiger partial charge in [-0.25, -0.2) is 9.59 Å². The second kappa shape index (κ2) is 30.1. The lowest BCUT2D eigenvalue weighted by Gasteiger charge is -2.67. The van der Waals surface area contributed by atoms with Crippen molar-refractivity contribution in [2.45, 2.75) is 128 Å². The van der Waals surface area contributed by atoms with E-state index in [2.05, 4.69) is 43.3 Å². The molecule has 28 nitrogen and oxygen atoms in total. The molecular weight excluding hydrogens is 1300 g/mol. The van der Waals surface area contributed by atoms with Crippen molar-refractivity contribution in [1.29, 1.82) is 0 Å². The van der Waals surface area contributed by atoms with Gasteiger partial charge in [0.2, 0.25) is 23.5 Å². The number of carbonyl (C=O) groups excluding carboxylic acids is 10. The highest BCUT2D eigenvalue weighted by Crippen LogP contribution is 2.65. The standard InChI is InChI=1S/C72H76N8O20/c1-8-34-94-50-35-48(75-56(86)38-81)28-29-49(50)80-78-65(77-79-80)44-24-26-47(27-25-44)74-55(85)31-30-54(84)73-33-32-57(87)98-52-36-53-71(39-95-53,100-42(4)83)62-64(99-67(91)46-22-16-11-17-23-46)72(93)37-51(40(2)58(69(72,5)6)61(96-41(3)82)63(89)70(52,62)7)97-68(92)60(88)59(43-18-12-9-13-19-43)76-66(90)45-20-14-10-15-21-45/h8-29,35,51-53,59-62,64,81,88,93H,1,30-34,36-39H2,2-7H3,(H,73,84)(H,74,85)(H,75,86)(H,76,90)/t51-,52-,53+,59-,60+,61+,62-,64-,70+,71-,72+/m0/s1. The normalized spacial score (nSPS) is 23.8. The zero-order valence-electron chi connectivity index (χ0n) is 55.5. The number of fused-ring (bicyclic) bond motifs is 5. The highest BCUT2D eigenvalue weighted by molar-refractivity contribution is 5.97. The van der Waals surface area contributed by atoms with E-state index in [0.717, 1.165) is 13.8 Å². The van der Waals surface area contributed by atoms with Crippen LogP contribution in [0.15, 0.2) is 157 Å². The Hall–Kier alpha value is -10.8. The summed E-state index contributed by atoms with van der Waals surface area (Å²) in [5.41, 5.74) is -6.57. The number of esters is 5. The molecule has 4 amide bonds. The first-order chi connectivity index (χ1) is 47.7. The van der Waals surface area contributed by atoms with E-state index in [0.29, 0.717) is 28.2 Å². The van der Waals surface area contributed by atoms with Crippen molar-refractivity contribution in [1.82, 2.24) is 30.8 Å². The highest BCUT2D eigenvalue weighted by atomic mass is 16.6. The SMILES string of the molecule is C=CCOc1cc(NC(=O)CO)ccc1-n1nnc(-c2ccc(NC(=O)CCC(=O)NCCC(=O)O[C@H]3C[C@H]4OC[C@@]4(OC(C)=O)[C@H]4[C@H](OC(=O)c5ccccc5)[C@]5(O)C[C@H](OC(=O)[C@H](O)[C@@H](NC(=O)c6ccccc6)c6ccccc6)C(C)=C([C@@H](OC(C)=O)C(=O)[C@]34C)C5(C)C)cc2)n1. The van der Waals surface area contributed by atoms with Crippen LogP contribution in [0.3, 0.4) is 0 Å². The van der Waals surface area contributed by atoms with Crippen molar-refractivity contribution in [2.24, 2.45) is 16.7 Å². The lowest BCUT2D eigenvalue weighted by atomic mass is 9.44. The monoisotopic (exact) mass is 1370 g/mol. The van der Waals surface area contributed by atoms with Crippen LogP contribution in [0.1, 0.15) is 106 Å². The van der Waals surface area contributed by atoms with Crippen LogP contribution in [0.5, 0.6) is 5.75 Å². The molecule has 1 aromatic heterocycles. The summed E-state index contributed by atoms with van der Waals surface area (Å²) in [4.78, 5) is 141. The van der Waals surface area contributed by atoms with Gasteiger partial charge in [0.1, 0.15) is 54.7 Å². The molecule has 5 aromatic carbocycles. The minimum atomic E-state index is -2.57. The summed E-state index contributed by atoms with van der Waals surface area (Å²) in [6.45, 7) is 10.3. The first-order valence-corrected chi connectivity index (χ1v) is 32.2. The predicted octanol–water partition coefficient (Wildman–Crippen LogP) is 5.35. The number of aromatic nitrogens is 4. The first kappa shape index (κ1) is 71.9. The summed E-state index contributed by atoms with van der Waals surface area (Å²) in [5, 5.41) is 58.8. The number of rotatable bonds is 25. The second-order valence-electron chi connectivity index (χ2n) is 25.4. The van der Waals surface area contributed by atoms with Crippen LogP contribution in [0.2, 0.25) is 0 Å². The summed E-state index contributed by atoms with van der Waals surface area (Å²) in [6, 6.07) is 33.5. The molecule has 2 saturated carbocycles. The van der Waals surface area contributed by atoms with Gasteiger partial charge in [-0.05, 0) is 96.4 Å². The zero-order chi connectivity index (χ0) is 71.8. The van der Waals surface area contributed by atoms with Gasteiger partial charge in [-0.1, -0.05) is 93.2 Å². The molecule has 7 N–H and O–H groups in total. The van der Waals surface area contributed by atoms with Gasteiger partial charge in [0.25, 0.3) is 5.91 Å². The van der Waals surface area contributed by atoms with Gasteiger partial charge < -0.3 is 69.7 Å². The van der Waals surface area contributed by atoms with E-state index < -0.39 is 156 Å². The maximum Gasteiger partial charge on any atom is 0.338 e. The van der Waals surface area contributed by atoms with E-state index in [1.807, 2.05) is 0 Å². The lowest BCUT2D eigenvalue weighted by Crippen LogP contribution is -2.82. The number of tetrazole rings is 1. The van der Waals surface area contributed by atoms with E-state index in [4.69, 9.17) is 38.3 Å². The Morgan fingerprint density at radius 1 is 0.770 bits per heavy atom. The molecule has 0 spiro atoms. The van der Waals surface area contributed by atoms with Crippen molar-refractivity contribution in [3.8, 4) is 22.8 Å². The van der Waals surface area contributed by atoms with Gasteiger partial charge in [-0.3, -0.25) is 38.4 Å². The summed E-state index contributed by atoms with van der Waals surface area (Å²) in [7, 11) is 0. The Morgan fingerprint density at radius 2 is 1.41 bits per heavy atom. The van der Waals surface area contributed by atoms with E-state index >= 15 is 4.79 Å². The van der Waals surface area contributed by atoms with Crippen LogP contribution in [0.25, 0.3) is 17.1 Å². The number of benzene rings is 5. The second-order valence-corrected chi connectivity index (χ2v) is 25.4. The van der Waals surface area contributed by atoms with Crippen molar-refractivity contribution < 1.29 is 96.4 Å². The molecule has 6 aromatic rings. The number of carbonyl (C=O) groups is 10. The number of aliphatic hydroxyl groups excluding tert-OH is 2. The molecule has 0 unspecified atom stereocenters. The number of hydrogen-bond acceptors (Lipinski definition) is 23. The average Bonchev–Trinajstić information content (AvgIpc) is 0.727. The Kier molecular flexibility index (Phi) is 21.7. The number of hydrogen-bond donors (Lipinski definition) is 7. The van der Waals surface area contributed by atoms with Crippen LogP contribution < -0.4 is 26.0 Å². The number of ether oxygens (including phenoxy) is 7. The maximum atomic E-state index is 16.5. The topological polar surface area (TPSA) is 388 Å². The molecule has 0 radical (unpaired) electrons. The van der Waals surface area contributed by atoms with Gasteiger partial charge in [-0.15, -0.1) is 15.0 Å². The Bertz CT molecular complexity index is 4150. The number of Topliss-reactive ketones (excluding diaryl/α,β-unsaturated/α-hetero) is 1. The van der Waals surface area contributed by atoms with Crippen LogP contribution in [0, 0.1) is 16.7 Å². The first-order valence-electron chi connectivity index (χ1n) is 32.2. The molecule has 11 atom stereocenters. The van der Waals surface area contributed by atoms with E-state index in [-0.39, 0.29) is 66.3 Å². The van der Waals surface area contributed by atoms with E-state index in [1.54, 1.807) is 103 Å². The van der Waals surface area contributed by atoms with Crippen molar-refractivity contribution >= 4 is 70.6 Å². The summed E-state index contributed by atoms with van der Waals surface area (Å²) < 4.78 is 43.3. The minimum absolute atomic E-state index is 0.0227. The molecule has 28 heteroatoms. The van der Waals surface area contributed by atoms with Gasteiger partial charge in [-0.2, -0.15) is 0 Å². The summed E-state index contributed by atoms with van der Waals surface area (Å²) >= 11 is 0. The molecule has 2 heterocycles. The van der Waals surface area contributed by atoms with Crippen LogP contribution in [0.4, 0.5) is 11.4 Å². The number of nitrogens with one attached hydrogen (secondary N) is 4. The predicted molar refractivity (Wildman–Crippen MR) is 353 cm³/mol. The fraction of sp³-hybridized carbons (Fsp3) is 0.375. The molecule has 3 aliphatic carbocycles. The van der Waals surface area contributed by atoms with E-state index in [9.17, 15) is 53.4 Å². The maximum absolute atomic E-state index is 16.5. The molecule has 3 fully saturated rings. The van der Waals surface area contributed by atoms with Gasteiger partial charge in [0.15, 0.2) is 23.6 Å². The smallest absolute Gasteiger partial charge is 0.338 e. The number of aliphatic hydroxyl groups is 3. The molecule has 2 bridgehead atoms. The zero-order valence-corrected chi connectivity index (χ0v) is 55.5. The van der Waals surface area contributed by atoms with Gasteiger partial charge >= 0.3 is 29.8 Å². The van der Waals surface area contributed by atoms with Crippen molar-refractivity contribution in [3.05, 3.63) is 174 Å². The Morgan fingerprint density at radius 3 is 2.04 bits per heavy atom. The molecule has 1 saturated heterocycles. The summed E-state index contributed by atoms with van der Waals surface area (Å²) in [5.74, 6) is -9.85. The number of ketones is 1. The highest BCUT2D eigenvalue weighted by Gasteiger charge is 2.79. The molecule has 10 rings (SSSR count). The lowest BCUT2D eigenvalue weighted by molar-refractivity contribution is -0.346. The van der Waals surface area contributed by atoms with Crippen LogP contribution in [-0.2, 0) is 66.8 Å². The van der Waals surface area contributed by atoms with Gasteiger partial charge in [0.05, 0.1) is 36.0 Å². The van der Waals surface area contributed by atoms with Gasteiger partial charge in [0, 0.05) is 80.1 Å². The van der Waals surface area contributed by atoms with Crippen molar-refractivity contribution in [3.63, 3.8) is 0 Å². The average molecular weight is 1370 g/mol. The van der Waals surface area contributed by atoms with E-state index in [1.165, 1.54) is 68.9 Å². The Balaban J connectivity index is 0.878. The molecule has 1 aliphatic heterocycles. The van der Waals surface area contributed by atoms with Crippen LogP contribution >= 0.6 is 0 Å². The summed E-state index contributed by atoms with van der Waals surface area (Å²) in [6.07, 6.45) is -11.2. The van der Waals surface area contributed by atoms with Crippen molar-refractivity contribution in [2.75, 3.05) is 37.0 Å². The fourth-order valence-electron chi connectivity index (χ4n) is 13.7. The number of nitrogens with zero attached hydrogens (tertiary/aromatic N) is 4. The van der Waals surface area contributed by atoms with Crippen LogP contribution in [-0.4, -0.2) is 169 Å².